The van der Waals surface area contributed by atoms with Crippen LogP contribution in [0.2, 0.25) is 5.02 Å². The molecule has 2 bridgehead atoms. The van der Waals surface area contributed by atoms with Gasteiger partial charge in [0.05, 0.1) is 6.20 Å². The topological polar surface area (TPSA) is 45.2 Å². The van der Waals surface area contributed by atoms with E-state index in [-0.39, 0.29) is 11.9 Å². The van der Waals surface area contributed by atoms with Crippen LogP contribution in [0.15, 0.2) is 30.5 Å². The van der Waals surface area contributed by atoms with Gasteiger partial charge in [-0.25, -0.2) is 4.98 Å². The number of thiazole rings is 1. The molecule has 126 valence electrons. The molecule has 4 nitrogen and oxygen atoms in total. The number of fused-ring (bicyclic) bond motifs is 3. The van der Waals surface area contributed by atoms with E-state index in [9.17, 15) is 4.79 Å². The molecule has 1 aromatic carbocycles. The van der Waals surface area contributed by atoms with Crippen molar-refractivity contribution in [3.05, 3.63) is 40.4 Å². The average Bonchev–Trinajstić information content (AvgIpc) is 3.09. The van der Waals surface area contributed by atoms with Gasteiger partial charge >= 0.3 is 0 Å². The maximum absolute atomic E-state index is 12.7. The smallest absolute Gasteiger partial charge is 0.263 e. The van der Waals surface area contributed by atoms with Crippen LogP contribution in [-0.4, -0.2) is 41.0 Å². The van der Waals surface area contributed by atoms with E-state index in [2.05, 4.69) is 22.1 Å². The molecule has 2 unspecified atom stereocenters. The third kappa shape index (κ3) is 2.96. The van der Waals surface area contributed by atoms with Crippen LogP contribution in [0.5, 0.6) is 0 Å². The van der Waals surface area contributed by atoms with Gasteiger partial charge in [-0.1, -0.05) is 23.7 Å². The number of halogens is 1. The first-order valence-corrected chi connectivity index (χ1v) is 9.58. The molecular formula is C18H20ClN3OS. The first kappa shape index (κ1) is 16.1. The Bertz CT molecular complexity index is 735. The first-order chi connectivity index (χ1) is 11.6. The molecule has 2 aromatic rings. The number of hydrogen-bond acceptors (Lipinski definition) is 4. The highest BCUT2D eigenvalue weighted by Crippen LogP contribution is 2.33. The molecule has 5 rings (SSSR count). The van der Waals surface area contributed by atoms with Gasteiger partial charge in [0.1, 0.15) is 9.88 Å². The fourth-order valence-corrected chi connectivity index (χ4v) is 4.82. The van der Waals surface area contributed by atoms with Crippen molar-refractivity contribution < 1.29 is 4.79 Å². The number of rotatable bonds is 3. The molecule has 1 N–H and O–H groups in total. The van der Waals surface area contributed by atoms with Gasteiger partial charge in [0, 0.05) is 22.7 Å². The zero-order chi connectivity index (χ0) is 16.7. The monoisotopic (exact) mass is 361 g/mol. The number of carbonyl (C=O) groups is 1. The molecular weight excluding hydrogens is 342 g/mol. The molecule has 3 saturated heterocycles. The second-order valence-corrected chi connectivity index (χ2v) is 8.12. The molecule has 2 atom stereocenters. The Morgan fingerprint density at radius 2 is 2.00 bits per heavy atom. The number of aromatic nitrogens is 1. The Morgan fingerprint density at radius 1 is 1.29 bits per heavy atom. The van der Waals surface area contributed by atoms with Crippen LogP contribution in [0, 0.1) is 5.92 Å². The molecule has 0 spiro atoms. The number of benzene rings is 1. The van der Waals surface area contributed by atoms with Crippen LogP contribution >= 0.6 is 22.9 Å². The van der Waals surface area contributed by atoms with E-state index >= 15 is 0 Å². The SMILES string of the molecule is CC1C(NC(=O)c2cnc(-c3ccc(Cl)cc3)s2)C2CCN1CC2. The molecule has 0 aliphatic carbocycles. The predicted octanol–water partition coefficient (Wildman–Crippen LogP) is 3.68. The zero-order valence-electron chi connectivity index (χ0n) is 13.5. The summed E-state index contributed by atoms with van der Waals surface area (Å²) in [5, 5.41) is 4.80. The van der Waals surface area contributed by atoms with E-state index in [1.54, 1.807) is 6.20 Å². The fourth-order valence-electron chi connectivity index (χ4n) is 3.87. The molecule has 0 saturated carbocycles. The number of hydrogen-bond donors (Lipinski definition) is 1. The maximum Gasteiger partial charge on any atom is 0.263 e. The average molecular weight is 362 g/mol. The Morgan fingerprint density at radius 3 is 2.67 bits per heavy atom. The standard InChI is InChI=1S/C18H20ClN3OS/c1-11-16(12-6-8-22(11)9-7-12)21-17(23)15-10-20-18(24-15)13-2-4-14(19)5-3-13/h2-5,10-12,16H,6-9H2,1H3,(H,21,23). The van der Waals surface area contributed by atoms with Crippen molar-refractivity contribution in [3.63, 3.8) is 0 Å². The lowest BCUT2D eigenvalue weighted by molar-refractivity contribution is 0.0218. The van der Waals surface area contributed by atoms with Crippen molar-refractivity contribution in [2.75, 3.05) is 13.1 Å². The second kappa shape index (κ2) is 6.47. The number of nitrogens with zero attached hydrogens (tertiary/aromatic N) is 2. The van der Waals surface area contributed by atoms with Gasteiger partial charge in [-0.2, -0.15) is 0 Å². The number of nitrogens with one attached hydrogen (secondary N) is 1. The van der Waals surface area contributed by atoms with E-state index in [4.69, 9.17) is 11.6 Å². The lowest BCUT2D eigenvalue weighted by Gasteiger charge is -2.49. The minimum Gasteiger partial charge on any atom is -0.347 e. The highest BCUT2D eigenvalue weighted by Gasteiger charge is 2.40. The Balaban J connectivity index is 1.48. The third-order valence-electron chi connectivity index (χ3n) is 5.30. The Labute approximate surface area is 150 Å². The summed E-state index contributed by atoms with van der Waals surface area (Å²) in [6, 6.07) is 8.21. The van der Waals surface area contributed by atoms with Gasteiger partial charge < -0.3 is 5.32 Å². The largest absolute Gasteiger partial charge is 0.347 e. The van der Waals surface area contributed by atoms with Crippen LogP contribution in [-0.2, 0) is 0 Å². The van der Waals surface area contributed by atoms with Crippen molar-refractivity contribution in [1.29, 1.82) is 0 Å². The molecule has 0 radical (unpaired) electrons. The number of amides is 1. The van der Waals surface area contributed by atoms with Gasteiger partial charge in [0.15, 0.2) is 0 Å². The quantitative estimate of drug-likeness (QED) is 0.907. The summed E-state index contributed by atoms with van der Waals surface area (Å²) >= 11 is 7.35. The number of piperidine rings is 3. The fraction of sp³-hybridized carbons (Fsp3) is 0.444. The Kier molecular flexibility index (Phi) is 4.33. The van der Waals surface area contributed by atoms with Gasteiger partial charge in [-0.3, -0.25) is 9.69 Å². The zero-order valence-corrected chi connectivity index (χ0v) is 15.1. The highest BCUT2D eigenvalue weighted by atomic mass is 35.5. The number of carbonyl (C=O) groups excluding carboxylic acids is 1. The van der Waals surface area contributed by atoms with Gasteiger partial charge in [-0.05, 0) is 50.9 Å². The van der Waals surface area contributed by atoms with Gasteiger partial charge in [-0.15, -0.1) is 11.3 Å². The highest BCUT2D eigenvalue weighted by molar-refractivity contribution is 7.16. The lowest BCUT2D eigenvalue weighted by atomic mass is 9.79. The summed E-state index contributed by atoms with van der Waals surface area (Å²) in [6.07, 6.45) is 4.05. The molecule has 1 amide bonds. The summed E-state index contributed by atoms with van der Waals surface area (Å²) in [7, 11) is 0. The Hall–Kier alpha value is -1.43. The van der Waals surface area contributed by atoms with E-state index in [1.165, 1.54) is 37.3 Å². The van der Waals surface area contributed by atoms with E-state index in [0.29, 0.717) is 21.9 Å². The van der Waals surface area contributed by atoms with Crippen molar-refractivity contribution in [2.24, 2.45) is 5.92 Å². The van der Waals surface area contributed by atoms with Crippen molar-refractivity contribution in [2.45, 2.75) is 31.8 Å². The molecule has 4 heterocycles. The van der Waals surface area contributed by atoms with Crippen LogP contribution in [0.4, 0.5) is 0 Å². The molecule has 1 aromatic heterocycles. The van der Waals surface area contributed by atoms with Crippen LogP contribution in [0.3, 0.4) is 0 Å². The summed E-state index contributed by atoms with van der Waals surface area (Å²) < 4.78 is 0. The van der Waals surface area contributed by atoms with Crippen molar-refractivity contribution in [1.82, 2.24) is 15.2 Å². The summed E-state index contributed by atoms with van der Waals surface area (Å²) in [4.78, 5) is 20.2. The minimum absolute atomic E-state index is 0.00156. The van der Waals surface area contributed by atoms with Crippen molar-refractivity contribution in [3.8, 4) is 10.6 Å². The minimum atomic E-state index is -0.00156. The van der Waals surface area contributed by atoms with E-state index in [0.717, 1.165) is 10.6 Å². The van der Waals surface area contributed by atoms with Crippen LogP contribution in [0.25, 0.3) is 10.6 Å². The van der Waals surface area contributed by atoms with Gasteiger partial charge in [0.2, 0.25) is 0 Å². The summed E-state index contributed by atoms with van der Waals surface area (Å²) in [5.41, 5.74) is 0.986. The molecule has 3 aliphatic rings. The normalized spacial score (nSPS) is 28.8. The maximum atomic E-state index is 12.7. The molecule has 3 aliphatic heterocycles. The van der Waals surface area contributed by atoms with Gasteiger partial charge in [0.25, 0.3) is 5.91 Å². The molecule has 24 heavy (non-hydrogen) atoms. The van der Waals surface area contributed by atoms with Crippen molar-refractivity contribution >= 4 is 28.8 Å². The van der Waals surface area contributed by atoms with E-state index < -0.39 is 0 Å². The summed E-state index contributed by atoms with van der Waals surface area (Å²) in [5.74, 6) is 0.607. The first-order valence-electron chi connectivity index (χ1n) is 8.38. The third-order valence-corrected chi connectivity index (χ3v) is 6.59. The molecule has 6 heteroatoms. The molecule has 3 fully saturated rings. The van der Waals surface area contributed by atoms with E-state index in [1.807, 2.05) is 24.3 Å². The summed E-state index contributed by atoms with van der Waals surface area (Å²) in [6.45, 7) is 4.56. The predicted molar refractivity (Wildman–Crippen MR) is 97.6 cm³/mol. The van der Waals surface area contributed by atoms with Crippen LogP contribution in [0.1, 0.15) is 29.4 Å². The lowest BCUT2D eigenvalue weighted by Crippen LogP contribution is -2.62. The van der Waals surface area contributed by atoms with Crippen LogP contribution < -0.4 is 5.32 Å². The second-order valence-electron chi connectivity index (χ2n) is 6.65.